The first kappa shape index (κ1) is 108. The van der Waals surface area contributed by atoms with E-state index in [1.54, 1.807) is 31.7 Å². The summed E-state index contributed by atoms with van der Waals surface area (Å²) in [7, 11) is -5.97. The molecule has 0 saturated carbocycles. The van der Waals surface area contributed by atoms with Gasteiger partial charge in [-0.25, -0.2) is 14.0 Å². The van der Waals surface area contributed by atoms with E-state index < -0.39 is 87.0 Å². The number of hydrogen-bond acceptors (Lipinski definition) is 22. The standard InChI is InChI=1S/C34H44N4O6SSi.C27H39N5O3Si.C27H38N4O4Si.C21H25N5O2.CH5N/c1-22-10-12-25(13-11-22)45(41,42)44-20-24(39)19-38-30-16-27-26-9-7-8-23-18-37(21-43-14-15-46(4,5)6)36-31(23)32(26)35-29(27)17-28(30)34(2,3)33(38)40;1-27(2)21-12-22-20(11-23(21)32(26(27)34)15-18(33)13-28)19-8-6-7-17-14-31(30-24(17)25(19)29-22)16-35-9-10-36(3,4)5;1-27(2)21-12-22-20(11-23(21)31(26(27)34)14-18(33)15-32)19-8-6-7-17-13-30(29-24(17)25(19)28-22)16-35-9-10-36(3,4)5;1-21(2)15-7-16-14(6-17(15)26(20(21)28)10-12(27)8-22)13-5-3-4-11-9-23-25-18(11)19(13)24-16;1-2/h10-13,16-18,24,35,39H,7-9,14-15,19-21H2,1-6H3;11-12,14,18,29,33H,6-10,13,15-16,28H2,1-5H3;11-13,18,28,32-33H,6-10,14-16H2,1-5H3;6-7,9,12,24,27H,3-5,8,10,22H2,1-2H3,(H,23,25);2H2,1H3. The van der Waals surface area contributed by atoms with Gasteiger partial charge in [0.15, 0.2) is 0 Å². The van der Waals surface area contributed by atoms with Gasteiger partial charge in [-0.05, 0) is 292 Å². The molecule has 34 nitrogen and oxygen atoms in total. The van der Waals surface area contributed by atoms with Crippen molar-refractivity contribution in [1.29, 1.82) is 0 Å². The Bertz CT molecular complexity index is 7080. The third-order valence-corrected chi connectivity index (χ3v) is 36.9. The molecule has 13 aromatic rings. The first-order valence-electron chi connectivity index (χ1n) is 52.3. The van der Waals surface area contributed by atoms with Gasteiger partial charge in [0.25, 0.3) is 10.1 Å². The van der Waals surface area contributed by atoms with Crippen molar-refractivity contribution >= 4 is 124 Å². The molecule has 0 radical (unpaired) electrons. The number of aryl methyl sites for hydroxylation is 9. The van der Waals surface area contributed by atoms with Gasteiger partial charge in [0.05, 0.1) is 125 Å². The van der Waals surface area contributed by atoms with Crippen molar-refractivity contribution in [1.82, 2.24) is 59.5 Å². The van der Waals surface area contributed by atoms with Crippen LogP contribution in [0.5, 0.6) is 0 Å². The number of nitrogens with zero attached hydrogens (tertiary/aromatic N) is 11. The summed E-state index contributed by atoms with van der Waals surface area (Å²) in [6.07, 6.45) is 16.2. The molecule has 8 aliphatic rings. The topological polar surface area (TPSA) is 477 Å². The van der Waals surface area contributed by atoms with E-state index in [4.69, 9.17) is 45.2 Å². The SMILES string of the molecule is CC1(C)C(=O)N(CC(O)CN)c2cc3c4c([nH]c3cc21)-c1[nH]ncc1CCC4.CC1(C)C(=O)N(CC(O)CN)c2cc3c4c([nH]c3cc21)-c1nn(COCC[Si](C)(C)C)cc1CCC4.CC1(C)C(=O)N(CC(O)CO)c2cc3c4c([nH]c3cc21)-c1nn(COCC[Si](C)(C)C)cc1CCC4.CN.Cc1ccc(S(=O)(=O)OCC(O)CN2C(=O)C(C)(C)c3cc4[nH]c5c(c4cc32)CCCc2cn(COCC[Si](C)(C)C)nc2-5)cc1. The maximum atomic E-state index is 13.7. The van der Waals surface area contributed by atoms with Gasteiger partial charge in [0, 0.05) is 142 Å². The fourth-order valence-corrected chi connectivity index (χ4v) is 25.0. The lowest BCUT2D eigenvalue weighted by Gasteiger charge is -2.23. The summed E-state index contributed by atoms with van der Waals surface area (Å²) in [5, 5.41) is 77.2. The average molecular weight is 2100 g/mol. The van der Waals surface area contributed by atoms with Crippen LogP contribution in [0, 0.1) is 6.92 Å². The number of carbonyl (C=O) groups excluding carboxylic acids is 4. The van der Waals surface area contributed by atoms with Gasteiger partial charge in [-0.3, -0.25) is 28.5 Å². The van der Waals surface area contributed by atoms with E-state index in [2.05, 4.69) is 150 Å². The number of fused-ring (bicyclic) bond motifs is 24. The van der Waals surface area contributed by atoms with Crippen LogP contribution < -0.4 is 36.8 Å². The van der Waals surface area contributed by atoms with Gasteiger partial charge in [0.2, 0.25) is 23.6 Å². The smallest absolute Gasteiger partial charge is 0.297 e. The summed E-state index contributed by atoms with van der Waals surface area (Å²) in [6.45, 7) is 41.8. The van der Waals surface area contributed by atoms with E-state index in [9.17, 15) is 53.1 Å². The molecule has 38 heteroatoms. The molecule has 16 N–H and O–H groups in total. The molecule has 21 rings (SSSR count). The molecule has 4 amide bonds. The van der Waals surface area contributed by atoms with E-state index in [0.717, 1.165) is 260 Å². The second kappa shape index (κ2) is 42.4. The van der Waals surface area contributed by atoms with Crippen LogP contribution in [0.25, 0.3) is 89.2 Å². The highest BCUT2D eigenvalue weighted by molar-refractivity contribution is 7.86. The van der Waals surface area contributed by atoms with E-state index in [-0.39, 0.29) is 74.4 Å². The number of H-pyrrole nitrogens is 5. The lowest BCUT2D eigenvalue weighted by Crippen LogP contribution is -2.42. The summed E-state index contributed by atoms with van der Waals surface area (Å²) in [5.41, 5.74) is 42.8. The van der Waals surface area contributed by atoms with Gasteiger partial charge in [0.1, 0.15) is 37.3 Å². The Morgan fingerprint density at radius 1 is 0.412 bits per heavy atom. The van der Waals surface area contributed by atoms with Crippen molar-refractivity contribution in [3.63, 3.8) is 0 Å². The second-order valence-corrected chi connectivity index (χ2v) is 65.4. The maximum absolute atomic E-state index is 13.7. The molecule has 5 aromatic carbocycles. The lowest BCUT2D eigenvalue weighted by molar-refractivity contribution is -0.123. The first-order valence-corrected chi connectivity index (χ1v) is 64.8. The van der Waals surface area contributed by atoms with Gasteiger partial charge in [-0.1, -0.05) is 76.6 Å². The van der Waals surface area contributed by atoms with Crippen LogP contribution in [0.15, 0.2) is 102 Å². The van der Waals surface area contributed by atoms with E-state index in [1.807, 2.05) is 94.7 Å². The molecule has 8 aromatic heterocycles. The minimum atomic E-state index is -4.05. The van der Waals surface area contributed by atoms with Crippen LogP contribution in [0.4, 0.5) is 22.7 Å². The van der Waals surface area contributed by atoms with Crippen LogP contribution in [0.3, 0.4) is 0 Å². The van der Waals surface area contributed by atoms with Crippen molar-refractivity contribution in [3.05, 3.63) is 170 Å². The highest BCUT2D eigenvalue weighted by Crippen LogP contribution is 2.53. The summed E-state index contributed by atoms with van der Waals surface area (Å²) in [6, 6.07) is 26.4. The van der Waals surface area contributed by atoms with Gasteiger partial charge in [-0.15, -0.1) is 0 Å². The highest BCUT2D eigenvalue weighted by Gasteiger charge is 2.50. The highest BCUT2D eigenvalue weighted by atomic mass is 32.2. The Morgan fingerprint density at radius 2 is 0.709 bits per heavy atom. The van der Waals surface area contributed by atoms with Crippen LogP contribution in [0.2, 0.25) is 77.1 Å². The largest absolute Gasteiger partial charge is 0.394 e. The zero-order chi connectivity index (χ0) is 106. The van der Waals surface area contributed by atoms with Crippen molar-refractivity contribution in [2.24, 2.45) is 17.2 Å². The fraction of sp³-hybridized carbons (Fsp3) is 0.509. The van der Waals surface area contributed by atoms with Crippen molar-refractivity contribution in [2.45, 2.75) is 288 Å². The molecule has 148 heavy (non-hydrogen) atoms. The van der Waals surface area contributed by atoms with Gasteiger partial charge >= 0.3 is 0 Å². The number of amides is 4. The second-order valence-electron chi connectivity index (χ2n) is 46.9. The maximum Gasteiger partial charge on any atom is 0.297 e. The number of benzene rings is 5. The quantitative estimate of drug-likeness (QED) is 0.0113. The Labute approximate surface area is 869 Å². The number of aromatic amines is 5. The zero-order valence-electron chi connectivity index (χ0n) is 89.4. The number of rotatable bonds is 30. The Balaban J connectivity index is 0.000000136. The number of nitrogens with one attached hydrogen (secondary N) is 5. The molecule has 0 fully saturated rings. The number of carbonyl (C=O) groups is 4. The van der Waals surface area contributed by atoms with Crippen LogP contribution in [-0.2, 0) is 141 Å². The van der Waals surface area contributed by atoms with Crippen molar-refractivity contribution in [2.75, 3.05) is 99.0 Å². The fourth-order valence-electron chi connectivity index (χ4n) is 21.8. The number of aromatic nitrogens is 12. The van der Waals surface area contributed by atoms with E-state index >= 15 is 0 Å². The normalized spacial score (nSPS) is 17.4. The van der Waals surface area contributed by atoms with Gasteiger partial charge < -0.3 is 96.5 Å². The number of hydrogen-bond donors (Lipinski definition) is 13. The molecule has 4 aliphatic carbocycles. The predicted octanol–water partition coefficient (Wildman–Crippen LogP) is 14.7. The van der Waals surface area contributed by atoms with Crippen LogP contribution in [0.1, 0.15) is 153 Å². The molecule has 0 bridgehead atoms. The summed E-state index contributed by atoms with van der Waals surface area (Å²) >= 11 is 0. The Morgan fingerprint density at radius 3 is 1.02 bits per heavy atom. The molecule has 0 spiro atoms. The minimum Gasteiger partial charge on any atom is -0.394 e. The third kappa shape index (κ3) is 21.6. The first-order chi connectivity index (χ1) is 70.0. The Hall–Kier alpha value is -10.9. The summed E-state index contributed by atoms with van der Waals surface area (Å²) in [4.78, 5) is 74.3. The monoisotopic (exact) mass is 2090 g/mol. The number of anilines is 4. The number of nitrogens with two attached hydrogens (primary N) is 3. The summed E-state index contributed by atoms with van der Waals surface area (Å²) < 4.78 is 54.2. The molecule has 12 heterocycles. The van der Waals surface area contributed by atoms with Crippen LogP contribution in [-0.4, -0.2) is 245 Å². The number of aliphatic hydroxyl groups is 5. The van der Waals surface area contributed by atoms with Crippen LogP contribution >= 0.6 is 0 Å². The van der Waals surface area contributed by atoms with Crippen molar-refractivity contribution < 1.29 is 71.5 Å². The third-order valence-electron chi connectivity index (χ3n) is 30.5. The molecule has 0 saturated heterocycles. The van der Waals surface area contributed by atoms with Gasteiger partial charge in [-0.2, -0.15) is 28.8 Å². The summed E-state index contributed by atoms with van der Waals surface area (Å²) in [5.74, 6) is -0.209. The number of β-amino-alcohol motifs (C(OH)–C–C–N with tert-alkyl or cyclic N) is 4. The minimum absolute atomic E-state index is 0.00102. The zero-order valence-corrected chi connectivity index (χ0v) is 93.2. The molecule has 4 unspecified atom stereocenters. The molecule has 794 valence electrons. The lowest BCUT2D eigenvalue weighted by atomic mass is 9.85. The average Bonchev–Trinajstić information content (AvgIpc) is 1.58. The van der Waals surface area contributed by atoms with E-state index in [0.29, 0.717) is 20.2 Å². The Kier molecular flexibility index (Phi) is 31.0. The molecular formula is C110H151N19O15SSi3. The number of ether oxygens (including phenoxy) is 3. The molecule has 4 aliphatic heterocycles. The molecule has 4 atom stereocenters. The van der Waals surface area contributed by atoms with E-state index in [1.165, 1.54) is 58.1 Å². The predicted molar refractivity (Wildman–Crippen MR) is 590 cm³/mol. The molecular weight excluding hydrogens is 1940 g/mol. The van der Waals surface area contributed by atoms with Crippen molar-refractivity contribution in [3.8, 4) is 45.6 Å². The number of aliphatic hydroxyl groups excluding tert-OH is 5.